The molecule has 126 valence electrons. The van der Waals surface area contributed by atoms with Crippen LogP contribution in [-0.2, 0) is 9.59 Å². The zero-order chi connectivity index (χ0) is 17.2. The second-order valence-corrected chi connectivity index (χ2v) is 7.77. The molecule has 0 aromatic heterocycles. The molecular weight excluding hydrogens is 384 g/mol. The molecule has 0 bridgehead atoms. The van der Waals surface area contributed by atoms with Gasteiger partial charge in [-0.3, -0.25) is 9.59 Å². The summed E-state index contributed by atoms with van der Waals surface area (Å²) in [7, 11) is 0. The Morgan fingerprint density at radius 2 is 1.74 bits per heavy atom. The van der Waals surface area contributed by atoms with E-state index in [1.165, 1.54) is 6.92 Å². The molecule has 1 N–H and O–H groups in total. The molecule has 1 saturated heterocycles. The number of alkyl halides is 3. The van der Waals surface area contributed by atoms with Crippen molar-refractivity contribution in [1.29, 1.82) is 0 Å². The Morgan fingerprint density at radius 3 is 2.26 bits per heavy atom. The largest absolute Gasteiger partial charge is 0.365 e. The molecule has 1 aromatic carbocycles. The van der Waals surface area contributed by atoms with Crippen LogP contribution in [0.15, 0.2) is 18.2 Å². The van der Waals surface area contributed by atoms with Gasteiger partial charge in [0.25, 0.3) is 9.70 Å². The van der Waals surface area contributed by atoms with Crippen LogP contribution < -0.4 is 10.2 Å². The SMILES string of the molecule is CC(=O)N1CCN(c2c(Cl)cccc2NC(=O)C(Cl)(Cl)Cl)CC1. The number of hydrogen-bond acceptors (Lipinski definition) is 3. The Kier molecular flexibility index (Phi) is 5.89. The van der Waals surface area contributed by atoms with Gasteiger partial charge in [0, 0.05) is 33.1 Å². The monoisotopic (exact) mass is 397 g/mol. The lowest BCUT2D eigenvalue weighted by Crippen LogP contribution is -2.48. The summed E-state index contributed by atoms with van der Waals surface area (Å²) in [6, 6.07) is 5.11. The van der Waals surface area contributed by atoms with Crippen LogP contribution in [0.5, 0.6) is 0 Å². The Hall–Kier alpha value is -0.880. The van der Waals surface area contributed by atoms with Gasteiger partial charge in [-0.1, -0.05) is 52.5 Å². The third-order valence-corrected chi connectivity index (χ3v) is 4.35. The van der Waals surface area contributed by atoms with E-state index in [2.05, 4.69) is 5.32 Å². The quantitative estimate of drug-likeness (QED) is 0.777. The van der Waals surface area contributed by atoms with Gasteiger partial charge in [-0.05, 0) is 12.1 Å². The zero-order valence-corrected chi connectivity index (χ0v) is 15.3. The number of rotatable bonds is 2. The highest BCUT2D eigenvalue weighted by atomic mass is 35.6. The molecule has 0 aliphatic carbocycles. The van der Waals surface area contributed by atoms with Gasteiger partial charge in [0.1, 0.15) is 0 Å². The first kappa shape index (κ1) is 18.5. The summed E-state index contributed by atoms with van der Waals surface area (Å²) in [6.07, 6.45) is 0. The Labute approximate surface area is 154 Å². The van der Waals surface area contributed by atoms with Crippen molar-refractivity contribution in [3.63, 3.8) is 0 Å². The molecule has 9 heteroatoms. The normalized spacial score (nSPS) is 15.5. The number of carbonyl (C=O) groups is 2. The van der Waals surface area contributed by atoms with E-state index in [1.807, 2.05) is 4.90 Å². The van der Waals surface area contributed by atoms with Gasteiger partial charge in [-0.2, -0.15) is 0 Å². The number of nitrogens with zero attached hydrogens (tertiary/aromatic N) is 2. The number of piperazine rings is 1. The summed E-state index contributed by atoms with van der Waals surface area (Å²) in [5.41, 5.74) is 1.12. The first-order valence-corrected chi connectivity index (χ1v) is 8.38. The minimum Gasteiger partial charge on any atom is -0.365 e. The zero-order valence-electron chi connectivity index (χ0n) is 12.3. The second-order valence-electron chi connectivity index (χ2n) is 5.08. The molecule has 1 fully saturated rings. The van der Waals surface area contributed by atoms with Crippen molar-refractivity contribution in [3.8, 4) is 0 Å². The van der Waals surface area contributed by atoms with Gasteiger partial charge in [-0.25, -0.2) is 0 Å². The van der Waals surface area contributed by atoms with Crippen molar-refractivity contribution in [2.75, 3.05) is 36.4 Å². The number of nitrogens with one attached hydrogen (secondary N) is 1. The van der Waals surface area contributed by atoms with Gasteiger partial charge >= 0.3 is 0 Å². The number of halogens is 4. The highest BCUT2D eigenvalue weighted by molar-refractivity contribution is 6.76. The van der Waals surface area contributed by atoms with E-state index in [-0.39, 0.29) is 5.91 Å². The van der Waals surface area contributed by atoms with Crippen molar-refractivity contribution >= 4 is 69.6 Å². The molecule has 1 aromatic rings. The maximum atomic E-state index is 11.9. The summed E-state index contributed by atoms with van der Waals surface area (Å²) in [6.45, 7) is 3.90. The maximum Gasteiger partial charge on any atom is 0.276 e. The van der Waals surface area contributed by atoms with E-state index in [0.717, 1.165) is 0 Å². The lowest BCUT2D eigenvalue weighted by Gasteiger charge is -2.37. The maximum absolute atomic E-state index is 11.9. The average molecular weight is 399 g/mol. The number of hydrogen-bond donors (Lipinski definition) is 1. The molecule has 2 amide bonds. The number of anilines is 2. The van der Waals surface area contributed by atoms with Crippen LogP contribution in [-0.4, -0.2) is 46.7 Å². The molecule has 1 aliphatic heterocycles. The summed E-state index contributed by atoms with van der Waals surface area (Å²) >= 11 is 23.1. The van der Waals surface area contributed by atoms with Crippen molar-refractivity contribution in [1.82, 2.24) is 4.90 Å². The average Bonchev–Trinajstić information content (AvgIpc) is 2.46. The summed E-state index contributed by atoms with van der Waals surface area (Å²) in [4.78, 5) is 27.1. The predicted molar refractivity (Wildman–Crippen MR) is 94.8 cm³/mol. The lowest BCUT2D eigenvalue weighted by molar-refractivity contribution is -0.129. The topological polar surface area (TPSA) is 52.7 Å². The second kappa shape index (κ2) is 7.34. The predicted octanol–water partition coefficient (Wildman–Crippen LogP) is 3.32. The fourth-order valence-electron chi connectivity index (χ4n) is 2.38. The van der Waals surface area contributed by atoms with E-state index >= 15 is 0 Å². The highest BCUT2D eigenvalue weighted by Crippen LogP contribution is 2.36. The van der Waals surface area contributed by atoms with Gasteiger partial charge in [0.2, 0.25) is 5.91 Å². The van der Waals surface area contributed by atoms with E-state index in [9.17, 15) is 9.59 Å². The highest BCUT2D eigenvalue weighted by Gasteiger charge is 2.32. The minimum absolute atomic E-state index is 0.0357. The number of benzene rings is 1. The first-order valence-electron chi connectivity index (χ1n) is 6.87. The number of carbonyl (C=O) groups excluding carboxylic acids is 2. The standard InChI is InChI=1S/C14H15Cl4N3O2/c1-9(22)20-5-7-21(8-6-20)12-10(15)3-2-4-11(12)19-13(23)14(16,17)18/h2-4H,5-8H2,1H3,(H,19,23). The molecule has 0 radical (unpaired) electrons. The Bertz CT molecular complexity index is 611. The van der Waals surface area contributed by atoms with Crippen LogP contribution >= 0.6 is 46.4 Å². The molecule has 5 nitrogen and oxygen atoms in total. The summed E-state index contributed by atoms with van der Waals surface area (Å²) < 4.78 is -2.06. The summed E-state index contributed by atoms with van der Waals surface area (Å²) in [5.74, 6) is -0.720. The van der Waals surface area contributed by atoms with Crippen molar-refractivity contribution in [2.24, 2.45) is 0 Å². The molecule has 0 atom stereocenters. The third-order valence-electron chi connectivity index (χ3n) is 3.53. The minimum atomic E-state index is -2.06. The van der Waals surface area contributed by atoms with Crippen molar-refractivity contribution in [2.45, 2.75) is 10.7 Å². The van der Waals surface area contributed by atoms with Gasteiger partial charge in [0.05, 0.1) is 16.4 Å². The van der Waals surface area contributed by atoms with Crippen LogP contribution in [0.25, 0.3) is 0 Å². The van der Waals surface area contributed by atoms with E-state index in [0.29, 0.717) is 42.6 Å². The Morgan fingerprint density at radius 1 is 1.13 bits per heavy atom. The van der Waals surface area contributed by atoms with Crippen molar-refractivity contribution < 1.29 is 9.59 Å². The number of amides is 2. The lowest BCUT2D eigenvalue weighted by atomic mass is 10.2. The van der Waals surface area contributed by atoms with Gasteiger partial charge in [-0.15, -0.1) is 0 Å². The van der Waals surface area contributed by atoms with Crippen LogP contribution in [0.1, 0.15) is 6.92 Å². The molecule has 2 rings (SSSR count). The van der Waals surface area contributed by atoms with Gasteiger partial charge < -0.3 is 15.1 Å². The molecule has 1 aliphatic rings. The van der Waals surface area contributed by atoms with E-state index < -0.39 is 9.70 Å². The van der Waals surface area contributed by atoms with Crippen LogP contribution in [0, 0.1) is 0 Å². The molecule has 0 unspecified atom stereocenters. The van der Waals surface area contributed by atoms with Crippen LogP contribution in [0.3, 0.4) is 0 Å². The third kappa shape index (κ3) is 4.57. The molecular formula is C14H15Cl4N3O2. The molecule has 23 heavy (non-hydrogen) atoms. The smallest absolute Gasteiger partial charge is 0.276 e. The van der Waals surface area contributed by atoms with E-state index in [4.69, 9.17) is 46.4 Å². The van der Waals surface area contributed by atoms with Crippen LogP contribution in [0.4, 0.5) is 11.4 Å². The Balaban J connectivity index is 2.22. The van der Waals surface area contributed by atoms with Crippen LogP contribution in [0.2, 0.25) is 5.02 Å². The molecule has 0 spiro atoms. The van der Waals surface area contributed by atoms with Gasteiger partial charge in [0.15, 0.2) is 0 Å². The fraction of sp³-hybridized carbons (Fsp3) is 0.429. The van der Waals surface area contributed by atoms with E-state index in [1.54, 1.807) is 23.1 Å². The molecule has 0 saturated carbocycles. The number of para-hydroxylation sites is 1. The summed E-state index contributed by atoms with van der Waals surface area (Å²) in [5, 5.41) is 3.06. The fourth-order valence-corrected chi connectivity index (χ4v) is 2.81. The first-order chi connectivity index (χ1) is 10.7. The van der Waals surface area contributed by atoms with Crippen molar-refractivity contribution in [3.05, 3.63) is 23.2 Å². The molecule has 1 heterocycles.